The molecule has 0 saturated carbocycles. The summed E-state index contributed by atoms with van der Waals surface area (Å²) < 4.78 is 23.7. The maximum atomic E-state index is 13.1. The number of β-lactam (4-membered cyclic amide) rings is 1. The summed E-state index contributed by atoms with van der Waals surface area (Å²) in [5.41, 5.74) is 19.0. The van der Waals surface area contributed by atoms with Crippen LogP contribution in [0.4, 0.5) is 5.13 Å². The summed E-state index contributed by atoms with van der Waals surface area (Å²) in [6.45, 7) is 5.58. The van der Waals surface area contributed by atoms with Crippen molar-refractivity contribution in [3.05, 3.63) is 47.2 Å². The fourth-order valence-corrected chi connectivity index (χ4v) is 5.52. The second-order valence-corrected chi connectivity index (χ2v) is 11.7. The van der Waals surface area contributed by atoms with Crippen molar-refractivity contribution in [3.8, 4) is 17.0 Å². The van der Waals surface area contributed by atoms with Gasteiger partial charge < -0.3 is 50.9 Å². The van der Waals surface area contributed by atoms with Crippen LogP contribution >= 0.6 is 23.7 Å². The molecule has 1 aromatic carbocycles. The minimum Gasteiger partial charge on any atom is -0.490 e. The van der Waals surface area contributed by atoms with Crippen LogP contribution in [0.15, 0.2) is 46.0 Å². The number of oxime groups is 1. The normalized spacial score (nSPS) is 15.8. The van der Waals surface area contributed by atoms with E-state index in [9.17, 15) is 9.59 Å². The molecule has 2 aromatic heterocycles. The van der Waals surface area contributed by atoms with Crippen molar-refractivity contribution in [3.63, 3.8) is 0 Å². The van der Waals surface area contributed by atoms with Gasteiger partial charge in [-0.05, 0) is 56.6 Å². The average Bonchev–Trinajstić information content (AvgIpc) is 3.64. The van der Waals surface area contributed by atoms with E-state index in [-0.39, 0.29) is 48.5 Å². The van der Waals surface area contributed by atoms with E-state index in [0.717, 1.165) is 46.2 Å². The number of nitrogens with zero attached hydrogens (tertiary/aromatic N) is 6. The third-order valence-electron chi connectivity index (χ3n) is 6.97. The lowest BCUT2D eigenvalue weighted by Gasteiger charge is -2.50. The van der Waals surface area contributed by atoms with Crippen molar-refractivity contribution >= 4 is 52.8 Å². The Hall–Kier alpha value is -4.47. The Morgan fingerprint density at radius 1 is 1.23 bits per heavy atom. The minimum atomic E-state index is -0.928. The van der Waals surface area contributed by atoms with Crippen LogP contribution in [0.25, 0.3) is 11.3 Å². The number of anilines is 1. The number of amides is 2. The molecule has 0 spiro atoms. The number of nitrogens with one attached hydrogen (secondary N) is 1. The second kappa shape index (κ2) is 18.2. The zero-order valence-electron chi connectivity index (χ0n) is 26.6. The largest absolute Gasteiger partial charge is 0.490 e. The predicted octanol–water partition coefficient (Wildman–Crippen LogP) is 0.399. The number of nitrogen functional groups attached to an aromatic ring is 1. The molecular weight excluding hydrogens is 669 g/mol. The van der Waals surface area contributed by atoms with Crippen LogP contribution in [0.5, 0.6) is 5.75 Å². The van der Waals surface area contributed by atoms with Gasteiger partial charge in [0.2, 0.25) is 5.62 Å². The van der Waals surface area contributed by atoms with Crippen molar-refractivity contribution in [2.24, 2.45) is 28.7 Å². The number of hydrogen-bond acceptors (Lipinski definition) is 15. The first kappa shape index (κ1) is 38.0. The molecule has 1 atom stereocenters. The highest BCUT2D eigenvalue weighted by Crippen LogP contribution is 2.33. The lowest BCUT2D eigenvalue weighted by molar-refractivity contribution is -0.214. The number of aromatic nitrogens is 3. The number of hydroxylamine groups is 2. The molecule has 0 bridgehead atoms. The fourth-order valence-electron chi connectivity index (χ4n) is 4.64. The van der Waals surface area contributed by atoms with E-state index >= 15 is 0 Å². The number of carboxylic acid groups (broad SMARTS) is 1. The van der Waals surface area contributed by atoms with Gasteiger partial charge in [-0.25, -0.2) is 4.98 Å². The molecule has 262 valence electrons. The van der Waals surface area contributed by atoms with E-state index in [2.05, 4.69) is 31.2 Å². The number of hydrogen-bond donors (Lipinski definition) is 6. The van der Waals surface area contributed by atoms with Gasteiger partial charge >= 0.3 is 0 Å². The molecule has 1 unspecified atom stereocenters. The summed E-state index contributed by atoms with van der Waals surface area (Å²) in [4.78, 5) is 48.1. The maximum Gasteiger partial charge on any atom is 0.290 e. The van der Waals surface area contributed by atoms with Crippen molar-refractivity contribution in [1.82, 2.24) is 24.5 Å². The Balaban J connectivity index is 0.00000201. The van der Waals surface area contributed by atoms with E-state index < -0.39 is 23.4 Å². The Kier molecular flexibility index (Phi) is 14.4. The van der Waals surface area contributed by atoms with Crippen LogP contribution in [-0.2, 0) is 37.1 Å². The molecule has 0 aliphatic carbocycles. The molecule has 4 rings (SSSR count). The first-order valence-corrected chi connectivity index (χ1v) is 16.1. The van der Waals surface area contributed by atoms with E-state index in [4.69, 9.17) is 45.5 Å². The molecule has 18 nitrogen and oxygen atoms in total. The monoisotopic (exact) mass is 708 g/mol. The molecular formula is C28H40N10O8S2. The lowest BCUT2D eigenvalue weighted by atomic mass is 9.84. The fraction of sp³-hybridized carbons (Fsp3) is 0.429. The summed E-state index contributed by atoms with van der Waals surface area (Å²) in [7, 11) is 1.96. The van der Waals surface area contributed by atoms with Crippen LogP contribution in [-0.4, -0.2) is 97.3 Å². The number of thiazole rings is 1. The number of ether oxygens (including phenoxy) is 1. The Morgan fingerprint density at radius 3 is 2.52 bits per heavy atom. The van der Waals surface area contributed by atoms with Crippen molar-refractivity contribution < 1.29 is 37.9 Å². The van der Waals surface area contributed by atoms with Crippen molar-refractivity contribution in [2.75, 3.05) is 38.6 Å². The highest BCUT2D eigenvalue weighted by molar-refractivity contribution is 7.88. The molecule has 3 aromatic rings. The molecule has 3 heterocycles. The molecule has 9 N–H and O–H groups in total. The second-order valence-electron chi connectivity index (χ2n) is 10.5. The molecule has 48 heavy (non-hydrogen) atoms. The van der Waals surface area contributed by atoms with Gasteiger partial charge in [0.25, 0.3) is 18.3 Å². The van der Waals surface area contributed by atoms with Gasteiger partial charge in [0.15, 0.2) is 29.8 Å². The zero-order valence-corrected chi connectivity index (χ0v) is 28.3. The third-order valence-corrected chi connectivity index (χ3v) is 7.86. The van der Waals surface area contributed by atoms with E-state index in [1.54, 1.807) is 19.2 Å². The predicted molar refractivity (Wildman–Crippen MR) is 179 cm³/mol. The highest BCUT2D eigenvalue weighted by atomic mass is 32.2. The summed E-state index contributed by atoms with van der Waals surface area (Å²) >= 11 is 1.17. The van der Waals surface area contributed by atoms with Gasteiger partial charge in [-0.1, -0.05) is 5.16 Å². The van der Waals surface area contributed by atoms with E-state index in [1.165, 1.54) is 0 Å². The number of carbonyl (C=O) groups excluding carboxylic acids is 2. The van der Waals surface area contributed by atoms with Crippen LogP contribution in [0.2, 0.25) is 0 Å². The van der Waals surface area contributed by atoms with Gasteiger partial charge in [-0.2, -0.15) is 9.35 Å². The Morgan fingerprint density at radius 2 is 1.94 bits per heavy atom. The number of benzene rings is 1. The Labute approximate surface area is 284 Å². The first-order chi connectivity index (χ1) is 23.0. The van der Waals surface area contributed by atoms with Crippen molar-refractivity contribution in [1.29, 1.82) is 0 Å². The molecule has 1 aliphatic rings. The molecule has 1 saturated heterocycles. The minimum absolute atomic E-state index is 0.0201. The van der Waals surface area contributed by atoms with Crippen LogP contribution in [0, 0.1) is 0 Å². The highest BCUT2D eigenvalue weighted by Gasteiger charge is 2.57. The zero-order chi connectivity index (χ0) is 35.3. The lowest BCUT2D eigenvalue weighted by Crippen LogP contribution is -2.76. The third kappa shape index (κ3) is 9.33. The molecule has 20 heteroatoms. The van der Waals surface area contributed by atoms with Crippen molar-refractivity contribution in [2.45, 2.75) is 38.4 Å². The molecule has 1 fully saturated rings. The number of nitrogens with two attached hydrogens (primary N) is 3. The van der Waals surface area contributed by atoms with Crippen LogP contribution in [0.1, 0.15) is 26.0 Å². The van der Waals surface area contributed by atoms with Gasteiger partial charge in [0, 0.05) is 31.7 Å². The van der Waals surface area contributed by atoms with Gasteiger partial charge in [-0.3, -0.25) is 19.4 Å². The van der Waals surface area contributed by atoms with Crippen LogP contribution in [0.3, 0.4) is 0 Å². The maximum absolute atomic E-state index is 13.1. The Bertz CT molecular complexity index is 1620. The smallest absolute Gasteiger partial charge is 0.290 e. The number of rotatable bonds is 16. The summed E-state index contributed by atoms with van der Waals surface area (Å²) in [5.74, 6) is -0.607. The van der Waals surface area contributed by atoms with Gasteiger partial charge in [0.05, 0.1) is 17.8 Å². The van der Waals surface area contributed by atoms with E-state index in [0.29, 0.717) is 25.4 Å². The summed E-state index contributed by atoms with van der Waals surface area (Å²) in [6.07, 6.45) is 2.88. The summed E-state index contributed by atoms with van der Waals surface area (Å²) in [6, 6.07) is 6.68. The van der Waals surface area contributed by atoms with E-state index in [1.807, 2.05) is 35.9 Å². The average molecular weight is 709 g/mol. The first-order valence-electron chi connectivity index (χ1n) is 14.6. The van der Waals surface area contributed by atoms with Gasteiger partial charge in [-0.15, -0.1) is 11.3 Å². The molecule has 0 radical (unpaired) electrons. The van der Waals surface area contributed by atoms with Crippen LogP contribution < -0.4 is 32.9 Å². The topological polar surface area (TPSA) is 260 Å². The molecule has 2 amide bonds. The summed E-state index contributed by atoms with van der Waals surface area (Å²) in [5, 5.41) is 16.3. The number of carbonyl (C=O) groups is 3. The SMILES string of the molecule is Cn1c(-c2ccc(OCCO/N=C(\C(=O)NC3C(=O)N(OSO)C3(C)C)c3csc(N)n3)cc2)cn(CCCN)c1=NCCN.O=CO. The standard InChI is InChI=1S/C27H38N10O6S2.CH2O2/c1-27(2)22(24(39)37(27)43-45-40)33-23(38)21(19-16-44-25(30)32-19)34-42-14-13-41-18-7-5-17(6-8-18)20-15-36(12-4-9-28)26(35(20)3)31-11-10-29;2-1-3/h5-8,15-16,22,40H,4,9-14,28-29H2,1-3H3,(H2,30,32)(H,33,38);1H,(H,2,3)/b31-26?,34-21-;. The quantitative estimate of drug-likeness (QED) is 0.0294. The number of imidazole rings is 1. The van der Waals surface area contributed by atoms with Gasteiger partial charge in [0.1, 0.15) is 24.1 Å². The number of aryl methyl sites for hydroxylation is 1. The molecule has 1 aliphatic heterocycles.